The first-order chi connectivity index (χ1) is 8.25. The summed E-state index contributed by atoms with van der Waals surface area (Å²) in [4.78, 5) is 4.49. The summed E-state index contributed by atoms with van der Waals surface area (Å²) in [6.45, 7) is 2.06. The van der Waals surface area contributed by atoms with E-state index in [1.807, 2.05) is 0 Å². The van der Waals surface area contributed by atoms with E-state index in [4.69, 9.17) is 10.3 Å². The summed E-state index contributed by atoms with van der Waals surface area (Å²) >= 11 is 1.66. The molecular weight excluding hydrogens is 234 g/mol. The Morgan fingerprint density at radius 3 is 2.94 bits per heavy atom. The van der Waals surface area contributed by atoms with E-state index >= 15 is 0 Å². The third kappa shape index (κ3) is 1.89. The van der Waals surface area contributed by atoms with Gasteiger partial charge in [0.1, 0.15) is 0 Å². The molecule has 2 aromatic rings. The average molecular weight is 249 g/mol. The third-order valence-electron chi connectivity index (χ3n) is 3.42. The van der Waals surface area contributed by atoms with Crippen LogP contribution in [0, 0.1) is 6.92 Å². The van der Waals surface area contributed by atoms with Crippen molar-refractivity contribution in [1.29, 1.82) is 0 Å². The van der Waals surface area contributed by atoms with Crippen LogP contribution in [0.1, 0.15) is 36.6 Å². The molecule has 0 aromatic carbocycles. The van der Waals surface area contributed by atoms with E-state index < -0.39 is 0 Å². The second-order valence-electron chi connectivity index (χ2n) is 4.63. The van der Waals surface area contributed by atoms with Crippen LogP contribution in [-0.4, -0.2) is 16.2 Å². The zero-order valence-electron chi connectivity index (χ0n) is 9.72. The molecule has 1 fully saturated rings. The second kappa shape index (κ2) is 4.23. The highest BCUT2D eigenvalue weighted by Gasteiger charge is 2.30. The molecule has 2 atom stereocenters. The SMILES string of the molecule is Cc1cscc1-c1noc(C2CCCC2N)n1. The van der Waals surface area contributed by atoms with Crippen LogP contribution >= 0.6 is 11.3 Å². The highest BCUT2D eigenvalue weighted by molar-refractivity contribution is 7.08. The third-order valence-corrected chi connectivity index (χ3v) is 4.29. The van der Waals surface area contributed by atoms with Crippen molar-refractivity contribution in [3.05, 3.63) is 22.2 Å². The van der Waals surface area contributed by atoms with Gasteiger partial charge < -0.3 is 10.3 Å². The van der Waals surface area contributed by atoms with Crippen LogP contribution in [0.2, 0.25) is 0 Å². The molecular formula is C12H15N3OS. The van der Waals surface area contributed by atoms with Crippen molar-refractivity contribution in [2.24, 2.45) is 5.73 Å². The zero-order valence-corrected chi connectivity index (χ0v) is 10.5. The summed E-state index contributed by atoms with van der Waals surface area (Å²) in [5.41, 5.74) is 8.30. The van der Waals surface area contributed by atoms with Crippen molar-refractivity contribution in [2.45, 2.75) is 38.1 Å². The Morgan fingerprint density at radius 2 is 2.29 bits per heavy atom. The molecule has 2 heterocycles. The summed E-state index contributed by atoms with van der Waals surface area (Å²) in [5, 5.41) is 8.21. The molecule has 0 saturated heterocycles. The lowest BCUT2D eigenvalue weighted by Gasteiger charge is -2.08. The summed E-state index contributed by atoms with van der Waals surface area (Å²) in [6, 6.07) is 0.173. The summed E-state index contributed by atoms with van der Waals surface area (Å²) in [6.07, 6.45) is 3.27. The van der Waals surface area contributed by atoms with Gasteiger partial charge in [0.15, 0.2) is 0 Å². The van der Waals surface area contributed by atoms with Crippen molar-refractivity contribution in [3.8, 4) is 11.4 Å². The summed E-state index contributed by atoms with van der Waals surface area (Å²) in [7, 11) is 0. The van der Waals surface area contributed by atoms with Gasteiger partial charge in [-0.3, -0.25) is 0 Å². The molecule has 0 amide bonds. The maximum atomic E-state index is 6.04. The van der Waals surface area contributed by atoms with E-state index in [2.05, 4.69) is 27.8 Å². The minimum absolute atomic E-state index is 0.173. The monoisotopic (exact) mass is 249 g/mol. The Balaban J connectivity index is 1.90. The minimum atomic E-state index is 0.173. The Labute approximate surface area is 104 Å². The lowest BCUT2D eigenvalue weighted by atomic mass is 10.1. The van der Waals surface area contributed by atoms with E-state index in [-0.39, 0.29) is 12.0 Å². The molecule has 1 aliphatic rings. The standard InChI is InChI=1S/C12H15N3OS/c1-7-5-17-6-9(7)11-14-12(16-15-11)8-3-2-4-10(8)13/h5-6,8,10H,2-4,13H2,1H3. The molecule has 17 heavy (non-hydrogen) atoms. The van der Waals surface area contributed by atoms with Crippen molar-refractivity contribution in [2.75, 3.05) is 0 Å². The minimum Gasteiger partial charge on any atom is -0.339 e. The quantitative estimate of drug-likeness (QED) is 0.888. The van der Waals surface area contributed by atoms with Crippen LogP contribution in [0.3, 0.4) is 0 Å². The lowest BCUT2D eigenvalue weighted by molar-refractivity contribution is 0.345. The van der Waals surface area contributed by atoms with Gasteiger partial charge in [0.2, 0.25) is 11.7 Å². The molecule has 2 unspecified atom stereocenters. The van der Waals surface area contributed by atoms with Crippen molar-refractivity contribution in [1.82, 2.24) is 10.1 Å². The van der Waals surface area contributed by atoms with Gasteiger partial charge in [-0.2, -0.15) is 16.3 Å². The largest absolute Gasteiger partial charge is 0.339 e. The second-order valence-corrected chi connectivity index (χ2v) is 5.37. The topological polar surface area (TPSA) is 64.9 Å². The molecule has 3 rings (SSSR count). The maximum absolute atomic E-state index is 6.04. The molecule has 0 aliphatic heterocycles. The number of nitrogens with two attached hydrogens (primary N) is 1. The predicted octanol–water partition coefficient (Wildman–Crippen LogP) is 2.70. The van der Waals surface area contributed by atoms with Gasteiger partial charge in [-0.05, 0) is 30.7 Å². The van der Waals surface area contributed by atoms with Crippen molar-refractivity contribution < 1.29 is 4.52 Å². The number of rotatable bonds is 2. The normalized spacial score (nSPS) is 24.4. The molecule has 0 radical (unpaired) electrons. The first-order valence-electron chi connectivity index (χ1n) is 5.88. The molecule has 2 aromatic heterocycles. The molecule has 1 aliphatic carbocycles. The van der Waals surface area contributed by atoms with Crippen LogP contribution in [0.15, 0.2) is 15.3 Å². The number of aromatic nitrogens is 2. The van der Waals surface area contributed by atoms with E-state index in [1.165, 1.54) is 5.56 Å². The van der Waals surface area contributed by atoms with E-state index in [1.54, 1.807) is 11.3 Å². The number of aryl methyl sites for hydroxylation is 1. The predicted molar refractivity (Wildman–Crippen MR) is 66.9 cm³/mol. The first-order valence-corrected chi connectivity index (χ1v) is 6.82. The Bertz CT molecular complexity index is 519. The smallest absolute Gasteiger partial charge is 0.231 e. The fraction of sp³-hybridized carbons (Fsp3) is 0.500. The van der Waals surface area contributed by atoms with Crippen molar-refractivity contribution in [3.63, 3.8) is 0 Å². The van der Waals surface area contributed by atoms with Crippen LogP contribution in [0.4, 0.5) is 0 Å². The Kier molecular flexibility index (Phi) is 2.72. The molecule has 0 spiro atoms. The van der Waals surface area contributed by atoms with Gasteiger partial charge in [0.25, 0.3) is 0 Å². The highest BCUT2D eigenvalue weighted by Crippen LogP contribution is 2.33. The number of nitrogens with zero attached hydrogens (tertiary/aromatic N) is 2. The van der Waals surface area contributed by atoms with Gasteiger partial charge >= 0.3 is 0 Å². The number of thiophene rings is 1. The molecule has 0 bridgehead atoms. The Hall–Kier alpha value is -1.20. The highest BCUT2D eigenvalue weighted by atomic mass is 32.1. The Morgan fingerprint density at radius 1 is 1.41 bits per heavy atom. The van der Waals surface area contributed by atoms with Gasteiger partial charge in [0.05, 0.1) is 5.92 Å². The van der Waals surface area contributed by atoms with Gasteiger partial charge in [-0.15, -0.1) is 0 Å². The van der Waals surface area contributed by atoms with Gasteiger partial charge in [-0.1, -0.05) is 11.6 Å². The molecule has 2 N–H and O–H groups in total. The lowest BCUT2D eigenvalue weighted by Crippen LogP contribution is -2.22. The van der Waals surface area contributed by atoms with Crippen LogP contribution in [0.5, 0.6) is 0 Å². The van der Waals surface area contributed by atoms with Crippen LogP contribution in [0.25, 0.3) is 11.4 Å². The summed E-state index contributed by atoms with van der Waals surface area (Å²) in [5.74, 6) is 1.64. The van der Waals surface area contributed by atoms with E-state index in [9.17, 15) is 0 Å². The van der Waals surface area contributed by atoms with E-state index in [0.29, 0.717) is 11.7 Å². The number of hydrogen-bond donors (Lipinski definition) is 1. The zero-order chi connectivity index (χ0) is 11.8. The average Bonchev–Trinajstić information content (AvgIpc) is 2.97. The van der Waals surface area contributed by atoms with E-state index in [0.717, 1.165) is 24.8 Å². The van der Waals surface area contributed by atoms with Crippen molar-refractivity contribution >= 4 is 11.3 Å². The molecule has 1 saturated carbocycles. The van der Waals surface area contributed by atoms with Crippen LogP contribution in [-0.2, 0) is 0 Å². The molecule has 90 valence electrons. The first kappa shape index (κ1) is 10.9. The van der Waals surface area contributed by atoms with Gasteiger partial charge in [0, 0.05) is 17.0 Å². The van der Waals surface area contributed by atoms with Crippen LogP contribution < -0.4 is 5.73 Å². The van der Waals surface area contributed by atoms with Gasteiger partial charge in [-0.25, -0.2) is 0 Å². The molecule has 5 heteroatoms. The fourth-order valence-corrected chi connectivity index (χ4v) is 3.21. The molecule has 4 nitrogen and oxygen atoms in total. The maximum Gasteiger partial charge on any atom is 0.231 e. The fourth-order valence-electron chi connectivity index (χ4n) is 2.38. The summed E-state index contributed by atoms with van der Waals surface area (Å²) < 4.78 is 5.36. The number of hydrogen-bond acceptors (Lipinski definition) is 5.